The Balaban J connectivity index is 1.67. The van der Waals surface area contributed by atoms with E-state index in [2.05, 4.69) is 60.1 Å². The number of fused-ring (bicyclic) bond motifs is 1. The molecule has 1 aromatic heterocycles. The summed E-state index contributed by atoms with van der Waals surface area (Å²) in [6.07, 6.45) is 1.80. The van der Waals surface area contributed by atoms with Crippen molar-refractivity contribution >= 4 is 17.1 Å². The number of nitrogens with zero attached hydrogens (tertiary/aromatic N) is 3. The highest BCUT2D eigenvalue weighted by Gasteiger charge is 2.38. The monoisotopic (exact) mass is 415 g/mol. The van der Waals surface area contributed by atoms with Crippen molar-refractivity contribution in [2.45, 2.75) is 19.3 Å². The summed E-state index contributed by atoms with van der Waals surface area (Å²) in [7, 11) is 0. The average molecular weight is 415 g/mol. The predicted octanol–water partition coefficient (Wildman–Crippen LogP) is 7.08. The Bertz CT molecular complexity index is 1410. The summed E-state index contributed by atoms with van der Waals surface area (Å²) in [5.74, 6) is 0.135. The molecule has 154 valence electrons. The van der Waals surface area contributed by atoms with Crippen molar-refractivity contribution in [2.75, 3.05) is 0 Å². The maximum Gasteiger partial charge on any atom is 0.188 e. The molecule has 0 fully saturated rings. The number of aromatic hydroxyl groups is 1. The molecule has 32 heavy (non-hydrogen) atoms. The van der Waals surface area contributed by atoms with Crippen molar-refractivity contribution in [1.29, 1.82) is 0 Å². The first-order chi connectivity index (χ1) is 15.5. The van der Waals surface area contributed by atoms with Crippen LogP contribution in [-0.2, 0) is 5.41 Å². The topological polar surface area (TPSA) is 49.8 Å². The number of hydrogen-bond donors (Lipinski definition) is 1. The van der Waals surface area contributed by atoms with E-state index in [1.165, 1.54) is 0 Å². The number of pyridine rings is 1. The zero-order valence-electron chi connectivity index (χ0n) is 17.9. The molecule has 4 nitrogen and oxygen atoms in total. The number of hydrogen-bond acceptors (Lipinski definition) is 3. The highest BCUT2D eigenvalue weighted by molar-refractivity contribution is 6.15. The Hall–Kier alpha value is -4.23. The van der Waals surface area contributed by atoms with Gasteiger partial charge in [-0.2, -0.15) is 0 Å². The van der Waals surface area contributed by atoms with Crippen LogP contribution in [0.4, 0.5) is 11.4 Å². The fraction of sp³-hybridized carbons (Fsp3) is 0.107. The van der Waals surface area contributed by atoms with E-state index >= 15 is 0 Å². The van der Waals surface area contributed by atoms with Crippen LogP contribution in [0.2, 0.25) is 0 Å². The Morgan fingerprint density at radius 2 is 1.66 bits per heavy atom. The van der Waals surface area contributed by atoms with Crippen LogP contribution in [0.3, 0.4) is 0 Å². The minimum Gasteiger partial charge on any atom is -0.507 e. The van der Waals surface area contributed by atoms with Gasteiger partial charge in [0.15, 0.2) is 5.69 Å². The molecule has 1 aliphatic rings. The van der Waals surface area contributed by atoms with Crippen LogP contribution >= 0.6 is 0 Å². The molecule has 0 atom stereocenters. The van der Waals surface area contributed by atoms with Gasteiger partial charge in [0.25, 0.3) is 0 Å². The van der Waals surface area contributed by atoms with Crippen molar-refractivity contribution in [3.05, 3.63) is 108 Å². The fourth-order valence-electron chi connectivity index (χ4n) is 4.34. The molecule has 0 unspecified atom stereocenters. The van der Waals surface area contributed by atoms with E-state index < -0.39 is 5.41 Å². The van der Waals surface area contributed by atoms with E-state index in [4.69, 9.17) is 11.6 Å². The average Bonchev–Trinajstić information content (AvgIpc) is 3.10. The molecule has 4 aromatic rings. The Labute approximate surface area is 187 Å². The van der Waals surface area contributed by atoms with Gasteiger partial charge in [0, 0.05) is 28.3 Å². The third-order valence-corrected chi connectivity index (χ3v) is 6.02. The van der Waals surface area contributed by atoms with Gasteiger partial charge in [0.2, 0.25) is 0 Å². The lowest BCUT2D eigenvalue weighted by Gasteiger charge is -2.23. The van der Waals surface area contributed by atoms with Crippen LogP contribution in [0.1, 0.15) is 25.0 Å². The molecular formula is C28H21N3O. The zero-order chi connectivity index (χ0) is 22.3. The predicted molar refractivity (Wildman–Crippen MR) is 129 cm³/mol. The van der Waals surface area contributed by atoms with Crippen molar-refractivity contribution in [3.63, 3.8) is 0 Å². The number of phenols is 1. The first-order valence-electron chi connectivity index (χ1n) is 10.4. The molecule has 1 N–H and O–H groups in total. The third-order valence-electron chi connectivity index (χ3n) is 6.02. The summed E-state index contributed by atoms with van der Waals surface area (Å²) < 4.78 is 0. The van der Waals surface area contributed by atoms with Gasteiger partial charge in [-0.15, -0.1) is 0 Å². The molecule has 3 aromatic carbocycles. The van der Waals surface area contributed by atoms with Crippen LogP contribution in [0.5, 0.6) is 5.75 Å². The maximum atomic E-state index is 10.6. The van der Waals surface area contributed by atoms with Gasteiger partial charge < -0.3 is 5.11 Å². The first kappa shape index (κ1) is 19.7. The van der Waals surface area contributed by atoms with E-state index in [1.54, 1.807) is 24.4 Å². The van der Waals surface area contributed by atoms with Crippen molar-refractivity contribution < 1.29 is 5.11 Å². The van der Waals surface area contributed by atoms with Crippen LogP contribution in [0.15, 0.2) is 90.1 Å². The second kappa shape index (κ2) is 7.47. The summed E-state index contributed by atoms with van der Waals surface area (Å²) in [6, 6.07) is 25.3. The minimum absolute atomic E-state index is 0.135. The molecule has 0 radical (unpaired) electrons. The molecule has 0 bridgehead atoms. The second-order valence-electron chi connectivity index (χ2n) is 8.40. The lowest BCUT2D eigenvalue weighted by atomic mass is 9.78. The molecule has 0 spiro atoms. The van der Waals surface area contributed by atoms with E-state index in [0.717, 1.165) is 39.3 Å². The smallest absolute Gasteiger partial charge is 0.188 e. The maximum absolute atomic E-state index is 10.6. The third kappa shape index (κ3) is 3.16. The zero-order valence-corrected chi connectivity index (χ0v) is 17.9. The van der Waals surface area contributed by atoms with Gasteiger partial charge in [-0.25, -0.2) is 4.85 Å². The summed E-state index contributed by atoms with van der Waals surface area (Å²) in [5, 5.41) is 10.6. The van der Waals surface area contributed by atoms with E-state index in [-0.39, 0.29) is 5.75 Å². The number of benzene rings is 3. The van der Waals surface area contributed by atoms with Gasteiger partial charge in [0.05, 0.1) is 23.7 Å². The van der Waals surface area contributed by atoms with Gasteiger partial charge in [0.1, 0.15) is 5.75 Å². The largest absolute Gasteiger partial charge is 0.507 e. The number of aromatic nitrogens is 1. The molecule has 4 heteroatoms. The lowest BCUT2D eigenvalue weighted by molar-refractivity contribution is 0.473. The van der Waals surface area contributed by atoms with Crippen molar-refractivity contribution in [1.82, 2.24) is 4.98 Å². The Kier molecular flexibility index (Phi) is 4.61. The SMILES string of the molecule is [C-]#[N+]c1ccc(O)c(C2=Nc3c(-c4cccc(-c5ccccn5)c4)cccc3C2(C)C)c1. The van der Waals surface area contributed by atoms with Gasteiger partial charge in [-0.1, -0.05) is 62.4 Å². The molecule has 0 saturated heterocycles. The Morgan fingerprint density at radius 1 is 0.844 bits per heavy atom. The van der Waals surface area contributed by atoms with Gasteiger partial charge >= 0.3 is 0 Å². The molecule has 2 heterocycles. The van der Waals surface area contributed by atoms with Crippen LogP contribution in [0, 0.1) is 6.57 Å². The summed E-state index contributed by atoms with van der Waals surface area (Å²) in [5.41, 5.74) is 7.50. The summed E-state index contributed by atoms with van der Waals surface area (Å²) in [6.45, 7) is 11.6. The van der Waals surface area contributed by atoms with E-state index in [9.17, 15) is 5.11 Å². The number of rotatable bonds is 3. The van der Waals surface area contributed by atoms with Crippen LogP contribution in [-0.4, -0.2) is 15.8 Å². The number of para-hydroxylation sites is 1. The second-order valence-corrected chi connectivity index (χ2v) is 8.40. The summed E-state index contributed by atoms with van der Waals surface area (Å²) in [4.78, 5) is 13.0. The van der Waals surface area contributed by atoms with E-state index in [0.29, 0.717) is 11.3 Å². The van der Waals surface area contributed by atoms with Crippen molar-refractivity contribution in [2.24, 2.45) is 4.99 Å². The highest BCUT2D eigenvalue weighted by atomic mass is 16.3. The highest BCUT2D eigenvalue weighted by Crippen LogP contribution is 2.48. The van der Waals surface area contributed by atoms with Crippen LogP contribution < -0.4 is 0 Å². The fourth-order valence-corrected chi connectivity index (χ4v) is 4.34. The quantitative estimate of drug-likeness (QED) is 0.363. The number of phenolic OH excluding ortho intramolecular Hbond substituents is 1. The summed E-state index contributed by atoms with van der Waals surface area (Å²) >= 11 is 0. The lowest BCUT2D eigenvalue weighted by Crippen LogP contribution is -2.26. The molecule has 5 rings (SSSR count). The van der Waals surface area contributed by atoms with Crippen molar-refractivity contribution in [3.8, 4) is 28.1 Å². The first-order valence-corrected chi connectivity index (χ1v) is 10.4. The normalized spacial score (nSPS) is 13.8. The molecule has 1 aliphatic heterocycles. The standard InChI is InChI=1S/C28H21N3O/c1-28(2)23-11-7-10-21(18-8-6-9-19(16-18)24-12-4-5-15-30-24)26(23)31-27(28)22-17-20(29-3)13-14-25(22)32/h4-17,32H,1-2H3. The molecular weight excluding hydrogens is 394 g/mol. The molecule has 0 aliphatic carbocycles. The number of aliphatic imine (C=N–C) groups is 1. The van der Waals surface area contributed by atoms with E-state index in [1.807, 2.05) is 24.3 Å². The van der Waals surface area contributed by atoms with Gasteiger partial charge in [-0.05, 0) is 41.5 Å². The van der Waals surface area contributed by atoms with Crippen LogP contribution in [0.25, 0.3) is 27.2 Å². The minimum atomic E-state index is -0.415. The Morgan fingerprint density at radius 3 is 2.44 bits per heavy atom. The van der Waals surface area contributed by atoms with Gasteiger partial charge in [-0.3, -0.25) is 9.98 Å². The molecule has 0 amide bonds. The molecule has 0 saturated carbocycles.